The second-order valence-corrected chi connectivity index (χ2v) is 4.95. The van der Waals surface area contributed by atoms with Gasteiger partial charge in [-0.15, -0.1) is 0 Å². The second-order valence-electron chi connectivity index (χ2n) is 4.03. The molecule has 100 valence electrons. The number of aliphatic hydroxyl groups is 1. The van der Waals surface area contributed by atoms with E-state index in [1.807, 2.05) is 0 Å². The predicted molar refractivity (Wildman–Crippen MR) is 66.9 cm³/mol. The fourth-order valence-electron chi connectivity index (χ4n) is 1.68. The van der Waals surface area contributed by atoms with Gasteiger partial charge in [-0.3, -0.25) is 4.98 Å². The molecule has 0 bridgehead atoms. The molecular formula is C13H9BrF3NO. The van der Waals surface area contributed by atoms with Gasteiger partial charge in [0.05, 0.1) is 6.10 Å². The van der Waals surface area contributed by atoms with Gasteiger partial charge in [-0.1, -0.05) is 0 Å². The Morgan fingerprint density at radius 1 is 1.11 bits per heavy atom. The van der Waals surface area contributed by atoms with Crippen LogP contribution in [0.15, 0.2) is 35.1 Å². The molecule has 1 aromatic carbocycles. The Morgan fingerprint density at radius 3 is 2.32 bits per heavy atom. The lowest BCUT2D eigenvalue weighted by atomic mass is 10.0. The van der Waals surface area contributed by atoms with Crippen LogP contribution in [0, 0.1) is 17.5 Å². The number of benzene rings is 1. The van der Waals surface area contributed by atoms with Crippen molar-refractivity contribution in [1.82, 2.24) is 4.98 Å². The van der Waals surface area contributed by atoms with Crippen molar-refractivity contribution in [3.05, 3.63) is 63.6 Å². The molecule has 1 unspecified atom stereocenters. The average molecular weight is 332 g/mol. The zero-order chi connectivity index (χ0) is 14.0. The maximum absolute atomic E-state index is 13.1. The van der Waals surface area contributed by atoms with E-state index in [0.29, 0.717) is 5.56 Å². The zero-order valence-electron chi connectivity index (χ0n) is 9.58. The normalized spacial score (nSPS) is 12.5. The molecule has 1 N–H and O–H groups in total. The highest BCUT2D eigenvalue weighted by molar-refractivity contribution is 9.10. The van der Waals surface area contributed by atoms with Crippen molar-refractivity contribution < 1.29 is 18.3 Å². The Morgan fingerprint density at radius 2 is 1.74 bits per heavy atom. The summed E-state index contributed by atoms with van der Waals surface area (Å²) in [7, 11) is 0. The Labute approximate surface area is 116 Å². The summed E-state index contributed by atoms with van der Waals surface area (Å²) in [6, 6.07) is 3.30. The van der Waals surface area contributed by atoms with E-state index in [1.54, 1.807) is 12.3 Å². The van der Waals surface area contributed by atoms with E-state index >= 15 is 0 Å². The van der Waals surface area contributed by atoms with Crippen LogP contribution >= 0.6 is 15.9 Å². The monoisotopic (exact) mass is 331 g/mol. The van der Waals surface area contributed by atoms with Crippen LogP contribution in [0.5, 0.6) is 0 Å². The Kier molecular flexibility index (Phi) is 4.21. The highest BCUT2D eigenvalue weighted by atomic mass is 79.9. The average Bonchev–Trinajstić information content (AvgIpc) is 2.35. The van der Waals surface area contributed by atoms with Crippen molar-refractivity contribution in [3.63, 3.8) is 0 Å². The summed E-state index contributed by atoms with van der Waals surface area (Å²) < 4.78 is 39.7. The van der Waals surface area contributed by atoms with Gasteiger partial charge in [-0.25, -0.2) is 13.2 Å². The fraction of sp³-hybridized carbons (Fsp3) is 0.154. The van der Waals surface area contributed by atoms with Crippen molar-refractivity contribution in [2.24, 2.45) is 0 Å². The first-order valence-corrected chi connectivity index (χ1v) is 6.18. The molecule has 0 saturated carbocycles. The molecule has 0 amide bonds. The van der Waals surface area contributed by atoms with Gasteiger partial charge in [0.2, 0.25) is 0 Å². The van der Waals surface area contributed by atoms with Gasteiger partial charge in [0.25, 0.3) is 0 Å². The van der Waals surface area contributed by atoms with E-state index in [4.69, 9.17) is 0 Å². The smallest absolute Gasteiger partial charge is 0.194 e. The van der Waals surface area contributed by atoms with Gasteiger partial charge in [0.15, 0.2) is 17.5 Å². The molecule has 0 spiro atoms. The number of hydrogen-bond acceptors (Lipinski definition) is 2. The molecule has 0 aliphatic carbocycles. The molecule has 0 saturated heterocycles. The van der Waals surface area contributed by atoms with Crippen LogP contribution in [0.3, 0.4) is 0 Å². The van der Waals surface area contributed by atoms with Crippen molar-refractivity contribution in [2.45, 2.75) is 12.5 Å². The van der Waals surface area contributed by atoms with Crippen LogP contribution in [0.4, 0.5) is 13.2 Å². The minimum Gasteiger partial charge on any atom is -0.388 e. The van der Waals surface area contributed by atoms with E-state index in [2.05, 4.69) is 20.9 Å². The minimum atomic E-state index is -1.54. The molecule has 0 fully saturated rings. The van der Waals surface area contributed by atoms with Crippen LogP contribution in [0.1, 0.15) is 17.2 Å². The molecule has 2 aromatic rings. The summed E-state index contributed by atoms with van der Waals surface area (Å²) in [5.74, 6) is -4.18. The molecule has 0 aliphatic heterocycles. The third-order valence-corrected chi connectivity index (χ3v) is 3.02. The molecule has 1 atom stereocenters. The summed E-state index contributed by atoms with van der Waals surface area (Å²) in [6.45, 7) is 0. The highest BCUT2D eigenvalue weighted by Crippen LogP contribution is 2.23. The van der Waals surface area contributed by atoms with Gasteiger partial charge in [-0.2, -0.15) is 0 Å². The van der Waals surface area contributed by atoms with Crippen LogP contribution in [0.25, 0.3) is 0 Å². The Hall–Kier alpha value is -1.40. The number of halogens is 4. The lowest BCUT2D eigenvalue weighted by molar-refractivity contribution is 0.177. The second kappa shape index (κ2) is 5.71. The standard InChI is InChI=1S/C13H9BrF3NO/c14-9-1-7(5-18-6-9)2-12(19)8-3-10(15)13(17)11(16)4-8/h1,3-6,12,19H,2H2. The lowest BCUT2D eigenvalue weighted by Crippen LogP contribution is -2.05. The molecule has 0 radical (unpaired) electrons. The molecule has 1 aromatic heterocycles. The van der Waals surface area contributed by atoms with E-state index in [0.717, 1.165) is 16.6 Å². The molecule has 0 aliphatic rings. The summed E-state index contributed by atoms with van der Waals surface area (Å²) in [5.41, 5.74) is 0.670. The third-order valence-electron chi connectivity index (χ3n) is 2.58. The van der Waals surface area contributed by atoms with Crippen molar-refractivity contribution in [1.29, 1.82) is 0 Å². The molecule has 1 heterocycles. The Bertz CT molecular complexity index is 583. The molecule has 2 rings (SSSR count). The topological polar surface area (TPSA) is 33.1 Å². The van der Waals surface area contributed by atoms with Gasteiger partial charge in [0.1, 0.15) is 0 Å². The van der Waals surface area contributed by atoms with Crippen LogP contribution < -0.4 is 0 Å². The van der Waals surface area contributed by atoms with Gasteiger partial charge < -0.3 is 5.11 Å². The molecule has 2 nitrogen and oxygen atoms in total. The first-order chi connectivity index (χ1) is 8.97. The van der Waals surface area contributed by atoms with Crippen LogP contribution in [0.2, 0.25) is 0 Å². The molecule has 6 heteroatoms. The number of aromatic nitrogens is 1. The zero-order valence-corrected chi connectivity index (χ0v) is 11.2. The number of aliphatic hydroxyl groups excluding tert-OH is 1. The van der Waals surface area contributed by atoms with Crippen molar-refractivity contribution in [2.75, 3.05) is 0 Å². The van der Waals surface area contributed by atoms with Gasteiger partial charge in [0, 0.05) is 23.3 Å². The summed E-state index contributed by atoms with van der Waals surface area (Å²) >= 11 is 3.23. The third kappa shape index (κ3) is 3.33. The van der Waals surface area contributed by atoms with Crippen LogP contribution in [-0.2, 0) is 6.42 Å². The van der Waals surface area contributed by atoms with Gasteiger partial charge in [-0.05, 0) is 45.3 Å². The number of hydrogen-bond donors (Lipinski definition) is 1. The van der Waals surface area contributed by atoms with E-state index in [9.17, 15) is 18.3 Å². The lowest BCUT2D eigenvalue weighted by Gasteiger charge is -2.11. The highest BCUT2D eigenvalue weighted by Gasteiger charge is 2.16. The SMILES string of the molecule is OC(Cc1cncc(Br)c1)c1cc(F)c(F)c(F)c1. The minimum absolute atomic E-state index is 0.0172. The van der Waals surface area contributed by atoms with Gasteiger partial charge >= 0.3 is 0 Å². The van der Waals surface area contributed by atoms with E-state index in [-0.39, 0.29) is 12.0 Å². The van der Waals surface area contributed by atoms with Crippen molar-refractivity contribution >= 4 is 15.9 Å². The first kappa shape index (κ1) is 14.0. The largest absolute Gasteiger partial charge is 0.388 e. The quantitative estimate of drug-likeness (QED) is 0.873. The summed E-state index contributed by atoms with van der Waals surface area (Å²) in [4.78, 5) is 3.91. The van der Waals surface area contributed by atoms with Crippen molar-refractivity contribution in [3.8, 4) is 0 Å². The molecule has 19 heavy (non-hydrogen) atoms. The maximum atomic E-state index is 13.1. The Balaban J connectivity index is 2.23. The summed E-state index contributed by atoms with van der Waals surface area (Å²) in [5, 5.41) is 9.91. The summed E-state index contributed by atoms with van der Waals surface area (Å²) in [6.07, 6.45) is 2.09. The van der Waals surface area contributed by atoms with Crippen LogP contribution in [-0.4, -0.2) is 10.1 Å². The maximum Gasteiger partial charge on any atom is 0.194 e. The number of rotatable bonds is 3. The first-order valence-electron chi connectivity index (χ1n) is 5.39. The van der Waals surface area contributed by atoms with E-state index in [1.165, 1.54) is 6.20 Å². The fourth-order valence-corrected chi connectivity index (χ4v) is 2.09. The van der Waals surface area contributed by atoms with E-state index < -0.39 is 23.6 Å². The molecular weight excluding hydrogens is 323 g/mol. The number of nitrogens with zero attached hydrogens (tertiary/aromatic N) is 1. The predicted octanol–water partition coefficient (Wildman–Crippen LogP) is 3.54. The number of pyridine rings is 1.